The summed E-state index contributed by atoms with van der Waals surface area (Å²) in [6.07, 6.45) is 1.12. The Morgan fingerprint density at radius 3 is 2.61 bits per heavy atom. The van der Waals surface area contributed by atoms with Gasteiger partial charge < -0.3 is 14.8 Å². The fourth-order valence-corrected chi connectivity index (χ4v) is 4.01. The van der Waals surface area contributed by atoms with E-state index in [-0.39, 0.29) is 5.91 Å². The molecule has 0 radical (unpaired) electrons. The van der Waals surface area contributed by atoms with Crippen molar-refractivity contribution in [2.75, 3.05) is 11.9 Å². The van der Waals surface area contributed by atoms with Gasteiger partial charge in [0.05, 0.1) is 6.61 Å². The second-order valence-electron chi connectivity index (χ2n) is 7.03. The van der Waals surface area contributed by atoms with Crippen molar-refractivity contribution in [3.05, 3.63) is 66.4 Å². The summed E-state index contributed by atoms with van der Waals surface area (Å²) in [5.74, 6) is 1.17. The van der Waals surface area contributed by atoms with Crippen LogP contribution in [0.1, 0.15) is 19.4 Å². The summed E-state index contributed by atoms with van der Waals surface area (Å²) >= 11 is 1.55. The SMILES string of the molecule is CCOc1ccc(OC(C)C(=O)Nc2ccc(-c3nc4cccnc4s3)cc2C)cc1. The van der Waals surface area contributed by atoms with Crippen LogP contribution in [-0.4, -0.2) is 28.6 Å². The van der Waals surface area contributed by atoms with E-state index in [9.17, 15) is 4.79 Å². The van der Waals surface area contributed by atoms with Gasteiger partial charge in [-0.3, -0.25) is 4.79 Å². The van der Waals surface area contributed by atoms with Gasteiger partial charge in [0.1, 0.15) is 26.9 Å². The van der Waals surface area contributed by atoms with Crippen molar-refractivity contribution >= 4 is 33.3 Å². The number of hydrogen-bond donors (Lipinski definition) is 1. The fraction of sp³-hybridized carbons (Fsp3) is 0.208. The first-order valence-corrected chi connectivity index (χ1v) is 10.9. The summed E-state index contributed by atoms with van der Waals surface area (Å²) in [5.41, 5.74) is 3.58. The van der Waals surface area contributed by atoms with Crippen molar-refractivity contribution in [1.82, 2.24) is 9.97 Å². The van der Waals surface area contributed by atoms with Crippen LogP contribution < -0.4 is 14.8 Å². The minimum absolute atomic E-state index is 0.214. The summed E-state index contributed by atoms with van der Waals surface area (Å²) in [4.78, 5) is 22.5. The van der Waals surface area contributed by atoms with E-state index in [2.05, 4.69) is 15.3 Å². The summed E-state index contributed by atoms with van der Waals surface area (Å²) in [6.45, 7) is 6.22. The molecule has 0 spiro atoms. The number of fused-ring (bicyclic) bond motifs is 1. The van der Waals surface area contributed by atoms with E-state index < -0.39 is 6.10 Å². The number of nitrogens with one attached hydrogen (secondary N) is 1. The zero-order valence-electron chi connectivity index (χ0n) is 17.6. The average molecular weight is 434 g/mol. The zero-order chi connectivity index (χ0) is 21.8. The van der Waals surface area contributed by atoms with E-state index in [1.807, 2.05) is 56.3 Å². The third-order valence-corrected chi connectivity index (χ3v) is 5.74. The molecule has 2 aromatic heterocycles. The number of nitrogens with zero attached hydrogens (tertiary/aromatic N) is 2. The molecule has 0 aliphatic rings. The van der Waals surface area contributed by atoms with Gasteiger partial charge >= 0.3 is 0 Å². The standard InChI is InChI=1S/C24H23N3O3S/c1-4-29-18-8-10-19(11-9-18)30-16(3)22(28)26-20-12-7-17(14-15(20)2)23-27-21-6-5-13-25-24(21)31-23/h5-14,16H,4H2,1-3H3,(H,26,28). The summed E-state index contributed by atoms with van der Waals surface area (Å²) in [7, 11) is 0. The van der Waals surface area contributed by atoms with Crippen LogP contribution in [-0.2, 0) is 4.79 Å². The molecule has 2 heterocycles. The van der Waals surface area contributed by atoms with Gasteiger partial charge in [-0.2, -0.15) is 0 Å². The number of aryl methyl sites for hydroxylation is 1. The van der Waals surface area contributed by atoms with Crippen molar-refractivity contribution in [3.63, 3.8) is 0 Å². The molecule has 1 amide bonds. The zero-order valence-corrected chi connectivity index (χ0v) is 18.4. The minimum Gasteiger partial charge on any atom is -0.494 e. The number of hydrogen-bond acceptors (Lipinski definition) is 6. The lowest BCUT2D eigenvalue weighted by Crippen LogP contribution is -2.30. The molecule has 0 bridgehead atoms. The van der Waals surface area contributed by atoms with Gasteiger partial charge in [-0.25, -0.2) is 9.97 Å². The number of carbonyl (C=O) groups excluding carboxylic acids is 1. The number of aromatic nitrogens is 2. The first-order chi connectivity index (χ1) is 15.0. The summed E-state index contributed by atoms with van der Waals surface area (Å²) in [6, 6.07) is 16.9. The summed E-state index contributed by atoms with van der Waals surface area (Å²) in [5, 5.41) is 3.85. The maximum absolute atomic E-state index is 12.6. The molecule has 1 unspecified atom stereocenters. The molecule has 2 aromatic carbocycles. The van der Waals surface area contributed by atoms with Crippen LogP contribution in [0.15, 0.2) is 60.8 Å². The Balaban J connectivity index is 1.42. The van der Waals surface area contributed by atoms with E-state index in [1.165, 1.54) is 0 Å². The second-order valence-corrected chi connectivity index (χ2v) is 8.01. The molecule has 1 atom stereocenters. The quantitative estimate of drug-likeness (QED) is 0.418. The highest BCUT2D eigenvalue weighted by molar-refractivity contribution is 7.21. The molecule has 6 nitrogen and oxygen atoms in total. The van der Waals surface area contributed by atoms with E-state index in [1.54, 1.807) is 36.6 Å². The molecule has 0 aliphatic heterocycles. The van der Waals surface area contributed by atoms with Gasteiger partial charge in [0.15, 0.2) is 6.10 Å². The van der Waals surface area contributed by atoms with Gasteiger partial charge in [0.2, 0.25) is 0 Å². The molecular formula is C24H23N3O3S. The molecule has 4 aromatic rings. The van der Waals surface area contributed by atoms with Crippen LogP contribution in [0, 0.1) is 6.92 Å². The van der Waals surface area contributed by atoms with Crippen LogP contribution >= 0.6 is 11.3 Å². The minimum atomic E-state index is -0.646. The van der Waals surface area contributed by atoms with Crippen molar-refractivity contribution in [2.45, 2.75) is 26.9 Å². The number of rotatable bonds is 7. The van der Waals surface area contributed by atoms with E-state index in [0.717, 1.165) is 37.9 Å². The average Bonchev–Trinajstić information content (AvgIpc) is 3.21. The molecule has 0 saturated carbocycles. The predicted octanol–water partition coefficient (Wildman–Crippen LogP) is 5.47. The lowest BCUT2D eigenvalue weighted by molar-refractivity contribution is -0.122. The van der Waals surface area contributed by atoms with E-state index in [4.69, 9.17) is 9.47 Å². The summed E-state index contributed by atoms with van der Waals surface area (Å²) < 4.78 is 11.2. The van der Waals surface area contributed by atoms with Gasteiger partial charge in [-0.05, 0) is 80.9 Å². The highest BCUT2D eigenvalue weighted by Crippen LogP contribution is 2.31. The largest absolute Gasteiger partial charge is 0.494 e. The van der Waals surface area contributed by atoms with Gasteiger partial charge in [-0.1, -0.05) is 11.3 Å². The third-order valence-electron chi connectivity index (χ3n) is 4.71. The number of ether oxygens (including phenoxy) is 2. The number of carbonyl (C=O) groups is 1. The smallest absolute Gasteiger partial charge is 0.265 e. The monoisotopic (exact) mass is 433 g/mol. The Morgan fingerprint density at radius 1 is 1.13 bits per heavy atom. The third kappa shape index (κ3) is 4.83. The molecule has 0 saturated heterocycles. The molecular weight excluding hydrogens is 410 g/mol. The molecule has 7 heteroatoms. The highest BCUT2D eigenvalue weighted by atomic mass is 32.1. The van der Waals surface area contributed by atoms with Crippen molar-refractivity contribution in [2.24, 2.45) is 0 Å². The molecule has 1 N–H and O–H groups in total. The lowest BCUT2D eigenvalue weighted by Gasteiger charge is -2.16. The molecule has 31 heavy (non-hydrogen) atoms. The lowest BCUT2D eigenvalue weighted by atomic mass is 10.1. The fourth-order valence-electron chi connectivity index (χ4n) is 3.10. The Labute approximate surface area is 184 Å². The predicted molar refractivity (Wildman–Crippen MR) is 124 cm³/mol. The van der Waals surface area contributed by atoms with Crippen LogP contribution in [0.4, 0.5) is 5.69 Å². The first kappa shape index (κ1) is 20.8. The highest BCUT2D eigenvalue weighted by Gasteiger charge is 2.16. The van der Waals surface area contributed by atoms with Crippen molar-refractivity contribution in [3.8, 4) is 22.1 Å². The Kier molecular flexibility index (Phi) is 6.13. The van der Waals surface area contributed by atoms with Crippen molar-refractivity contribution < 1.29 is 14.3 Å². The number of anilines is 1. The maximum Gasteiger partial charge on any atom is 0.265 e. The normalized spacial score (nSPS) is 11.8. The van der Waals surface area contributed by atoms with Crippen molar-refractivity contribution in [1.29, 1.82) is 0 Å². The Hall–Kier alpha value is -3.45. The number of benzene rings is 2. The first-order valence-electron chi connectivity index (χ1n) is 10.1. The van der Waals surface area contributed by atoms with Gasteiger partial charge in [0, 0.05) is 17.4 Å². The number of thiazole rings is 1. The molecule has 158 valence electrons. The second kappa shape index (κ2) is 9.14. The maximum atomic E-state index is 12.6. The van der Waals surface area contributed by atoms with Crippen LogP contribution in [0.25, 0.3) is 20.9 Å². The molecule has 0 fully saturated rings. The Morgan fingerprint density at radius 2 is 1.90 bits per heavy atom. The molecule has 0 aliphatic carbocycles. The van der Waals surface area contributed by atoms with Crippen LogP contribution in [0.2, 0.25) is 0 Å². The molecule has 4 rings (SSSR count). The van der Waals surface area contributed by atoms with Crippen LogP contribution in [0.5, 0.6) is 11.5 Å². The Bertz CT molecular complexity index is 1170. The van der Waals surface area contributed by atoms with Gasteiger partial charge in [0.25, 0.3) is 5.91 Å². The number of pyridine rings is 1. The van der Waals surface area contributed by atoms with Crippen LogP contribution in [0.3, 0.4) is 0 Å². The topological polar surface area (TPSA) is 73.3 Å². The van der Waals surface area contributed by atoms with E-state index >= 15 is 0 Å². The van der Waals surface area contributed by atoms with Gasteiger partial charge in [-0.15, -0.1) is 0 Å². The van der Waals surface area contributed by atoms with E-state index in [0.29, 0.717) is 12.4 Å². The number of amides is 1.